The van der Waals surface area contributed by atoms with Gasteiger partial charge in [-0.3, -0.25) is 0 Å². The largest absolute Gasteiger partial charge is 0.478 e. The van der Waals surface area contributed by atoms with Crippen LogP contribution in [0.25, 0.3) is 0 Å². The van der Waals surface area contributed by atoms with Crippen molar-refractivity contribution >= 4 is 5.97 Å². The standard InChI is InChI=1S/C23H32O2/c1-3-4-5-6-7-8-9-10-11-12-13-14-15-16-17-18-19-20-22(2)21-23(24)25/h4-5,7-8,10-11,13-14,17-21H,3,6,9,12,15-16H2,1-2H3,(H,24,25). The van der Waals surface area contributed by atoms with Crippen LogP contribution in [-0.2, 0) is 4.79 Å². The molecule has 0 aromatic carbocycles. The minimum atomic E-state index is -0.912. The predicted molar refractivity (Wildman–Crippen MR) is 110 cm³/mol. The van der Waals surface area contributed by atoms with Crippen molar-refractivity contribution in [2.45, 2.75) is 52.4 Å². The van der Waals surface area contributed by atoms with E-state index < -0.39 is 5.97 Å². The van der Waals surface area contributed by atoms with Gasteiger partial charge in [0, 0.05) is 6.08 Å². The number of carboxylic acids is 1. The molecule has 0 unspecified atom stereocenters. The van der Waals surface area contributed by atoms with Crippen LogP contribution in [0.15, 0.2) is 84.6 Å². The van der Waals surface area contributed by atoms with Gasteiger partial charge in [-0.1, -0.05) is 79.8 Å². The zero-order valence-electron chi connectivity index (χ0n) is 15.6. The zero-order chi connectivity index (χ0) is 18.6. The molecule has 0 saturated carbocycles. The molecule has 0 radical (unpaired) electrons. The van der Waals surface area contributed by atoms with E-state index in [0.29, 0.717) is 0 Å². The monoisotopic (exact) mass is 340 g/mol. The summed E-state index contributed by atoms with van der Waals surface area (Å²) in [5.41, 5.74) is 0.733. The predicted octanol–water partition coefficient (Wildman–Crippen LogP) is 6.72. The van der Waals surface area contributed by atoms with Crippen molar-refractivity contribution < 1.29 is 9.90 Å². The first kappa shape index (κ1) is 22.6. The van der Waals surface area contributed by atoms with Crippen LogP contribution in [0.5, 0.6) is 0 Å². The van der Waals surface area contributed by atoms with Crippen molar-refractivity contribution in [1.82, 2.24) is 0 Å². The van der Waals surface area contributed by atoms with Crippen LogP contribution < -0.4 is 0 Å². The molecule has 2 nitrogen and oxygen atoms in total. The molecule has 0 rings (SSSR count). The molecule has 1 N–H and O–H groups in total. The van der Waals surface area contributed by atoms with Crippen LogP contribution >= 0.6 is 0 Å². The second-order valence-corrected chi connectivity index (χ2v) is 5.59. The number of unbranched alkanes of at least 4 members (excludes halogenated alkanes) is 1. The average Bonchev–Trinajstić information content (AvgIpc) is 2.57. The molecule has 25 heavy (non-hydrogen) atoms. The zero-order valence-corrected chi connectivity index (χ0v) is 15.6. The Morgan fingerprint density at radius 3 is 1.84 bits per heavy atom. The third-order valence-electron chi connectivity index (χ3n) is 3.18. The Kier molecular flexibility index (Phi) is 16.3. The van der Waals surface area contributed by atoms with Crippen LogP contribution in [0.2, 0.25) is 0 Å². The van der Waals surface area contributed by atoms with Crippen LogP contribution in [-0.4, -0.2) is 11.1 Å². The molecule has 0 aromatic rings. The first-order valence-electron chi connectivity index (χ1n) is 9.01. The highest BCUT2D eigenvalue weighted by atomic mass is 16.4. The van der Waals surface area contributed by atoms with Gasteiger partial charge in [0.1, 0.15) is 0 Å². The normalized spacial score (nSPS) is 13.8. The number of hydrogen-bond acceptors (Lipinski definition) is 1. The van der Waals surface area contributed by atoms with Gasteiger partial charge in [0.05, 0.1) is 0 Å². The topological polar surface area (TPSA) is 37.3 Å². The summed E-state index contributed by atoms with van der Waals surface area (Å²) in [6.45, 7) is 3.92. The van der Waals surface area contributed by atoms with E-state index in [0.717, 1.165) is 44.1 Å². The van der Waals surface area contributed by atoms with Gasteiger partial charge in [0.25, 0.3) is 0 Å². The minimum Gasteiger partial charge on any atom is -0.478 e. The van der Waals surface area contributed by atoms with Gasteiger partial charge in [-0.15, -0.1) is 0 Å². The van der Waals surface area contributed by atoms with Crippen molar-refractivity contribution in [2.24, 2.45) is 0 Å². The Morgan fingerprint density at radius 1 is 0.760 bits per heavy atom. The SMILES string of the molecule is CCC=CCC=CCC=CCC=CCCC=CC=CC(C)=CC(=O)O. The van der Waals surface area contributed by atoms with Gasteiger partial charge in [-0.2, -0.15) is 0 Å². The molecular formula is C23H32O2. The van der Waals surface area contributed by atoms with Gasteiger partial charge in [0.15, 0.2) is 0 Å². The molecular weight excluding hydrogens is 308 g/mol. The van der Waals surface area contributed by atoms with Crippen molar-refractivity contribution in [1.29, 1.82) is 0 Å². The fourth-order valence-electron chi connectivity index (χ4n) is 1.92. The molecule has 0 bridgehead atoms. The fourth-order valence-corrected chi connectivity index (χ4v) is 1.92. The maximum Gasteiger partial charge on any atom is 0.328 e. The molecule has 2 heteroatoms. The van der Waals surface area contributed by atoms with E-state index in [1.165, 1.54) is 6.08 Å². The lowest BCUT2D eigenvalue weighted by molar-refractivity contribution is -0.131. The van der Waals surface area contributed by atoms with E-state index in [-0.39, 0.29) is 0 Å². The fraction of sp³-hybridized carbons (Fsp3) is 0.348. The Balaban J connectivity index is 3.68. The smallest absolute Gasteiger partial charge is 0.328 e. The van der Waals surface area contributed by atoms with Gasteiger partial charge in [-0.05, 0) is 51.0 Å². The van der Waals surface area contributed by atoms with E-state index in [1.54, 1.807) is 13.0 Å². The van der Waals surface area contributed by atoms with Crippen LogP contribution in [0.3, 0.4) is 0 Å². The molecule has 0 spiro atoms. The third-order valence-corrected chi connectivity index (χ3v) is 3.18. The second kappa shape index (κ2) is 18.0. The molecule has 0 aliphatic carbocycles. The van der Waals surface area contributed by atoms with E-state index in [2.05, 4.69) is 61.6 Å². The Labute approximate surface area is 153 Å². The molecule has 136 valence electrons. The maximum absolute atomic E-state index is 10.4. The number of allylic oxidation sites excluding steroid dienone is 13. The summed E-state index contributed by atoms with van der Waals surface area (Å²) in [4.78, 5) is 10.4. The van der Waals surface area contributed by atoms with Gasteiger partial charge in [0.2, 0.25) is 0 Å². The van der Waals surface area contributed by atoms with Crippen molar-refractivity contribution in [3.8, 4) is 0 Å². The number of rotatable bonds is 13. The Hall–Kier alpha value is -2.35. The molecule has 0 heterocycles. The summed E-state index contributed by atoms with van der Waals surface area (Å²) in [5, 5.41) is 8.58. The van der Waals surface area contributed by atoms with E-state index in [4.69, 9.17) is 5.11 Å². The van der Waals surface area contributed by atoms with E-state index in [9.17, 15) is 4.79 Å². The number of aliphatic carboxylic acids is 1. The lowest BCUT2D eigenvalue weighted by Crippen LogP contribution is -1.87. The molecule has 0 aliphatic rings. The first-order chi connectivity index (χ1) is 12.2. The molecule has 0 aromatic heterocycles. The summed E-state index contributed by atoms with van der Waals surface area (Å²) in [7, 11) is 0. The summed E-state index contributed by atoms with van der Waals surface area (Å²) in [6, 6.07) is 0. The van der Waals surface area contributed by atoms with Crippen LogP contribution in [0.4, 0.5) is 0 Å². The number of hydrogen-bond donors (Lipinski definition) is 1. The summed E-state index contributed by atoms with van der Waals surface area (Å²) >= 11 is 0. The van der Waals surface area contributed by atoms with Crippen LogP contribution in [0.1, 0.15) is 52.4 Å². The molecule has 0 aliphatic heterocycles. The third kappa shape index (κ3) is 19.6. The maximum atomic E-state index is 10.4. The number of carboxylic acid groups (broad SMARTS) is 1. The van der Waals surface area contributed by atoms with Gasteiger partial charge >= 0.3 is 5.97 Å². The van der Waals surface area contributed by atoms with Crippen molar-refractivity contribution in [3.63, 3.8) is 0 Å². The van der Waals surface area contributed by atoms with Crippen LogP contribution in [0, 0.1) is 0 Å². The first-order valence-corrected chi connectivity index (χ1v) is 9.01. The minimum absolute atomic E-state index is 0.733. The highest BCUT2D eigenvalue weighted by molar-refractivity contribution is 5.81. The molecule has 0 fully saturated rings. The van der Waals surface area contributed by atoms with Crippen molar-refractivity contribution in [2.75, 3.05) is 0 Å². The molecule has 0 saturated heterocycles. The average molecular weight is 341 g/mol. The van der Waals surface area contributed by atoms with E-state index >= 15 is 0 Å². The summed E-state index contributed by atoms with van der Waals surface area (Å²) < 4.78 is 0. The molecule has 0 atom stereocenters. The lowest BCUT2D eigenvalue weighted by atomic mass is 10.2. The van der Waals surface area contributed by atoms with E-state index in [1.807, 2.05) is 12.2 Å². The van der Waals surface area contributed by atoms with Gasteiger partial charge < -0.3 is 5.11 Å². The summed E-state index contributed by atoms with van der Waals surface area (Å²) in [5.74, 6) is -0.912. The highest BCUT2D eigenvalue weighted by Crippen LogP contribution is 1.99. The molecule has 0 amide bonds. The summed E-state index contributed by atoms with van der Waals surface area (Å²) in [6.07, 6.45) is 32.6. The van der Waals surface area contributed by atoms with Gasteiger partial charge in [-0.25, -0.2) is 4.79 Å². The lowest BCUT2D eigenvalue weighted by Gasteiger charge is -1.88. The van der Waals surface area contributed by atoms with Crippen molar-refractivity contribution in [3.05, 3.63) is 84.6 Å². The highest BCUT2D eigenvalue weighted by Gasteiger charge is 1.87. The Bertz CT molecular complexity index is 540. The second-order valence-electron chi connectivity index (χ2n) is 5.59. The quantitative estimate of drug-likeness (QED) is 0.175. The number of carbonyl (C=O) groups is 1. The Morgan fingerprint density at radius 2 is 1.28 bits per heavy atom.